The molecular formula is C29H41ClN2O2. The molecule has 1 aliphatic carbocycles. The van der Waals surface area contributed by atoms with Crippen molar-refractivity contribution in [2.75, 3.05) is 13.1 Å². The Morgan fingerprint density at radius 1 is 1.26 bits per heavy atom. The second-order valence-corrected chi connectivity index (χ2v) is 10.1. The van der Waals surface area contributed by atoms with E-state index in [0.29, 0.717) is 19.0 Å². The van der Waals surface area contributed by atoms with Gasteiger partial charge in [0.15, 0.2) is 0 Å². The molecule has 4 nitrogen and oxygen atoms in total. The zero-order valence-corrected chi connectivity index (χ0v) is 22.5. The number of amides is 1. The van der Waals surface area contributed by atoms with Gasteiger partial charge in [-0.3, -0.25) is 4.99 Å². The van der Waals surface area contributed by atoms with Gasteiger partial charge in [0.25, 0.3) is 0 Å². The van der Waals surface area contributed by atoms with Gasteiger partial charge >= 0.3 is 6.09 Å². The van der Waals surface area contributed by atoms with Crippen molar-refractivity contribution in [2.24, 2.45) is 10.9 Å². The fourth-order valence-electron chi connectivity index (χ4n) is 4.70. The number of hydrogen-bond acceptors (Lipinski definition) is 3. The van der Waals surface area contributed by atoms with Crippen molar-refractivity contribution >= 4 is 29.5 Å². The van der Waals surface area contributed by atoms with Crippen LogP contribution in [0.25, 0.3) is 6.08 Å². The highest BCUT2D eigenvalue weighted by molar-refractivity contribution is 6.30. The van der Waals surface area contributed by atoms with E-state index in [2.05, 4.69) is 32.2 Å². The standard InChI is InChI=1S/C27H35ClN2O2.C2H6/c1-7-9-20-16-21-17-22(28)10-11-23(21)24(25(18(20)3)29-8-2)19-12-14-30(15-13-19)26(31)32-27(4,5)6;1-2/h8,10-11,16-17,19,24H,2-3,7,9,12-15H2,1,4-6H3;1-2H3. The summed E-state index contributed by atoms with van der Waals surface area (Å²) in [6.45, 7) is 21.5. The predicted molar refractivity (Wildman–Crippen MR) is 146 cm³/mol. The minimum atomic E-state index is -0.490. The summed E-state index contributed by atoms with van der Waals surface area (Å²) in [4.78, 5) is 19.1. The fourth-order valence-corrected chi connectivity index (χ4v) is 4.88. The normalized spacial score (nSPS) is 20.0. The van der Waals surface area contributed by atoms with Gasteiger partial charge in [0.1, 0.15) is 5.60 Å². The maximum atomic E-state index is 12.6. The number of carbonyl (C=O) groups is 1. The SMILES string of the molecule is C=CN=C1C(=C)C(CCC)=Cc2cc(Cl)ccc2C1C1CCN(C(=O)OC(C)(C)C)CC1.CC. The Bertz CT molecular complexity index is 947. The highest BCUT2D eigenvalue weighted by Crippen LogP contribution is 2.43. The third-order valence-electron chi connectivity index (χ3n) is 6.12. The number of benzene rings is 1. The first kappa shape index (κ1) is 27.9. The molecule has 0 aromatic heterocycles. The highest BCUT2D eigenvalue weighted by Gasteiger charge is 2.37. The maximum absolute atomic E-state index is 12.6. The monoisotopic (exact) mass is 484 g/mol. The van der Waals surface area contributed by atoms with E-state index in [9.17, 15) is 4.79 Å². The Kier molecular flexibility index (Phi) is 10.2. The summed E-state index contributed by atoms with van der Waals surface area (Å²) in [5.41, 5.74) is 5.03. The molecule has 186 valence electrons. The average molecular weight is 485 g/mol. The van der Waals surface area contributed by atoms with Crippen LogP contribution in [0, 0.1) is 5.92 Å². The lowest BCUT2D eigenvalue weighted by Gasteiger charge is -2.37. The summed E-state index contributed by atoms with van der Waals surface area (Å²) in [5.74, 6) is 0.414. The van der Waals surface area contributed by atoms with Gasteiger partial charge in [0.2, 0.25) is 0 Å². The number of rotatable bonds is 4. The molecule has 1 aliphatic heterocycles. The van der Waals surface area contributed by atoms with Gasteiger partial charge in [0.05, 0.1) is 5.71 Å². The molecule has 1 fully saturated rings. The summed E-state index contributed by atoms with van der Waals surface area (Å²) in [7, 11) is 0. The number of nitrogens with zero attached hydrogens (tertiary/aromatic N) is 2. The number of fused-ring (bicyclic) bond motifs is 1. The van der Waals surface area contributed by atoms with Crippen molar-refractivity contribution in [2.45, 2.75) is 78.7 Å². The number of halogens is 1. The maximum Gasteiger partial charge on any atom is 0.410 e. The van der Waals surface area contributed by atoms with E-state index in [1.54, 1.807) is 6.20 Å². The second kappa shape index (κ2) is 12.4. The molecule has 1 aromatic rings. The first-order valence-electron chi connectivity index (χ1n) is 12.5. The number of likely N-dealkylation sites (tertiary alicyclic amines) is 1. The van der Waals surface area contributed by atoms with Crippen molar-refractivity contribution in [1.29, 1.82) is 0 Å². The van der Waals surface area contributed by atoms with Crippen LogP contribution >= 0.6 is 11.6 Å². The molecule has 1 unspecified atom stereocenters. The van der Waals surface area contributed by atoms with E-state index in [4.69, 9.17) is 21.3 Å². The lowest BCUT2D eigenvalue weighted by atomic mass is 9.75. The number of carbonyl (C=O) groups excluding carboxylic acids is 1. The van der Waals surface area contributed by atoms with Gasteiger partial charge in [-0.15, -0.1) is 0 Å². The first-order chi connectivity index (χ1) is 16.1. The minimum absolute atomic E-state index is 0.0826. The van der Waals surface area contributed by atoms with Gasteiger partial charge in [-0.2, -0.15) is 0 Å². The number of ether oxygens (including phenoxy) is 1. The Balaban J connectivity index is 0.00000199. The molecule has 1 aromatic carbocycles. The third kappa shape index (κ3) is 6.85. The van der Waals surface area contributed by atoms with Gasteiger partial charge < -0.3 is 9.64 Å². The quantitative estimate of drug-likeness (QED) is 0.430. The van der Waals surface area contributed by atoms with Crippen LogP contribution < -0.4 is 0 Å². The zero-order chi connectivity index (χ0) is 25.5. The molecule has 1 saturated heterocycles. The topological polar surface area (TPSA) is 41.9 Å². The lowest BCUT2D eigenvalue weighted by molar-refractivity contribution is 0.0181. The Morgan fingerprint density at radius 3 is 2.47 bits per heavy atom. The Hall–Kier alpha value is -2.33. The molecule has 1 atom stereocenters. The van der Waals surface area contributed by atoms with Crippen LogP contribution in [0.5, 0.6) is 0 Å². The van der Waals surface area contributed by atoms with Crippen molar-refractivity contribution in [1.82, 2.24) is 4.90 Å². The number of aliphatic imine (C=N–C) groups is 1. The number of hydrogen-bond donors (Lipinski definition) is 0. The smallest absolute Gasteiger partial charge is 0.410 e. The van der Waals surface area contributed by atoms with E-state index in [1.807, 2.05) is 51.7 Å². The van der Waals surface area contributed by atoms with Crippen LogP contribution in [0.2, 0.25) is 5.02 Å². The summed E-state index contributed by atoms with van der Waals surface area (Å²) in [5, 5.41) is 0.726. The van der Waals surface area contributed by atoms with E-state index < -0.39 is 5.60 Å². The Morgan fingerprint density at radius 2 is 1.91 bits per heavy atom. The number of allylic oxidation sites excluding steroid dienone is 2. The molecule has 0 radical (unpaired) electrons. The van der Waals surface area contributed by atoms with Crippen LogP contribution in [-0.4, -0.2) is 35.4 Å². The summed E-state index contributed by atoms with van der Waals surface area (Å²) < 4.78 is 5.58. The van der Waals surface area contributed by atoms with Crippen LogP contribution in [-0.2, 0) is 4.74 Å². The van der Waals surface area contributed by atoms with Crippen molar-refractivity contribution in [3.63, 3.8) is 0 Å². The zero-order valence-electron chi connectivity index (χ0n) is 21.8. The van der Waals surface area contributed by atoms with E-state index in [1.165, 1.54) is 11.1 Å². The van der Waals surface area contributed by atoms with Crippen LogP contribution in [0.4, 0.5) is 4.79 Å². The van der Waals surface area contributed by atoms with Crippen LogP contribution in [0.15, 0.2) is 53.7 Å². The minimum Gasteiger partial charge on any atom is -0.444 e. The number of piperidine rings is 1. The molecule has 34 heavy (non-hydrogen) atoms. The second-order valence-electron chi connectivity index (χ2n) is 9.65. The molecule has 1 amide bonds. The van der Waals surface area contributed by atoms with E-state index >= 15 is 0 Å². The molecule has 0 saturated carbocycles. The lowest BCUT2D eigenvalue weighted by Crippen LogP contribution is -2.43. The third-order valence-corrected chi connectivity index (χ3v) is 6.35. The first-order valence-corrected chi connectivity index (χ1v) is 12.9. The van der Waals surface area contributed by atoms with Crippen LogP contribution in [0.1, 0.15) is 84.3 Å². The Labute approximate surface area is 211 Å². The molecule has 0 bridgehead atoms. The average Bonchev–Trinajstić information content (AvgIpc) is 2.89. The largest absolute Gasteiger partial charge is 0.444 e. The van der Waals surface area contributed by atoms with Gasteiger partial charge in [-0.05, 0) is 80.4 Å². The molecule has 0 N–H and O–H groups in total. The highest BCUT2D eigenvalue weighted by atomic mass is 35.5. The fraction of sp³-hybridized carbons (Fsp3) is 0.517. The van der Waals surface area contributed by atoms with Gasteiger partial charge in [-0.1, -0.05) is 64.1 Å². The molecule has 1 heterocycles. The summed E-state index contributed by atoms with van der Waals surface area (Å²) in [6, 6.07) is 6.12. The van der Waals surface area contributed by atoms with Crippen molar-refractivity contribution < 1.29 is 9.53 Å². The van der Waals surface area contributed by atoms with E-state index in [0.717, 1.165) is 47.6 Å². The summed E-state index contributed by atoms with van der Waals surface area (Å²) >= 11 is 6.37. The van der Waals surface area contributed by atoms with Gasteiger partial charge in [-0.25, -0.2) is 4.79 Å². The van der Waals surface area contributed by atoms with Crippen molar-refractivity contribution in [3.8, 4) is 0 Å². The predicted octanol–water partition coefficient (Wildman–Crippen LogP) is 8.43. The van der Waals surface area contributed by atoms with Gasteiger partial charge in [0, 0.05) is 30.2 Å². The summed E-state index contributed by atoms with van der Waals surface area (Å²) in [6.07, 6.45) is 7.32. The molecule has 0 spiro atoms. The molecule has 2 aliphatic rings. The molecular weight excluding hydrogens is 444 g/mol. The van der Waals surface area contributed by atoms with Crippen LogP contribution in [0.3, 0.4) is 0 Å². The van der Waals surface area contributed by atoms with Crippen molar-refractivity contribution in [3.05, 3.63) is 64.9 Å². The molecule has 5 heteroatoms. The molecule has 3 rings (SSSR count). The van der Waals surface area contributed by atoms with E-state index in [-0.39, 0.29) is 12.0 Å².